The monoisotopic (exact) mass is 355 g/mol. The molecule has 0 bridgehead atoms. The van der Waals surface area contributed by atoms with Crippen LogP contribution in [0.5, 0.6) is 0 Å². The average Bonchev–Trinajstić information content (AvgIpc) is 2.48. The highest BCUT2D eigenvalue weighted by Crippen LogP contribution is 2.30. The Bertz CT molecular complexity index is 488. The van der Waals surface area contributed by atoms with Crippen LogP contribution in [0.3, 0.4) is 0 Å². The molecule has 0 radical (unpaired) electrons. The highest BCUT2D eigenvalue weighted by Gasteiger charge is 2.21. The van der Waals surface area contributed by atoms with Gasteiger partial charge in [0.1, 0.15) is 0 Å². The van der Waals surface area contributed by atoms with Crippen molar-refractivity contribution >= 4 is 21.6 Å². The predicted molar refractivity (Wildman–Crippen MR) is 87.3 cm³/mol. The van der Waals surface area contributed by atoms with Crippen molar-refractivity contribution in [1.82, 2.24) is 10.2 Å². The Morgan fingerprint density at radius 2 is 2.14 bits per heavy atom. The molecule has 5 nitrogen and oxygen atoms in total. The topological polar surface area (TPSA) is 58.4 Å². The normalized spacial score (nSPS) is 17.0. The molecule has 1 aromatic rings. The number of nitro benzene ring substituents is 1. The number of piperidine rings is 1. The number of halogens is 1. The summed E-state index contributed by atoms with van der Waals surface area (Å²) in [6.07, 6.45) is 2.39. The summed E-state index contributed by atoms with van der Waals surface area (Å²) in [6, 6.07) is 5.26. The van der Waals surface area contributed by atoms with E-state index in [1.165, 1.54) is 18.9 Å². The van der Waals surface area contributed by atoms with Crippen molar-refractivity contribution < 1.29 is 4.92 Å². The van der Waals surface area contributed by atoms with Gasteiger partial charge in [0.2, 0.25) is 0 Å². The molecule has 1 saturated heterocycles. The van der Waals surface area contributed by atoms with Gasteiger partial charge in [0, 0.05) is 12.6 Å². The van der Waals surface area contributed by atoms with E-state index in [9.17, 15) is 10.1 Å². The van der Waals surface area contributed by atoms with Crippen molar-refractivity contribution in [2.45, 2.75) is 26.3 Å². The van der Waals surface area contributed by atoms with Crippen LogP contribution in [0.1, 0.15) is 25.3 Å². The highest BCUT2D eigenvalue weighted by molar-refractivity contribution is 9.10. The standard InChI is InChI=1S/C15H22BrN3O2/c1-2-17-10-12-6-8-18(9-7-12)11-13-4-3-5-14(15(13)16)19(20)21/h3-5,12,17H,2,6-11H2,1H3. The molecule has 0 aliphatic carbocycles. The maximum Gasteiger partial charge on any atom is 0.283 e. The molecule has 0 aromatic heterocycles. The van der Waals surface area contributed by atoms with E-state index in [2.05, 4.69) is 33.1 Å². The van der Waals surface area contributed by atoms with Crippen LogP contribution < -0.4 is 5.32 Å². The van der Waals surface area contributed by atoms with E-state index >= 15 is 0 Å². The van der Waals surface area contributed by atoms with E-state index in [0.29, 0.717) is 4.47 Å². The molecule has 1 aromatic carbocycles. The SMILES string of the molecule is CCNCC1CCN(Cc2cccc([N+](=O)[O-])c2Br)CC1. The van der Waals surface area contributed by atoms with Crippen molar-refractivity contribution in [3.8, 4) is 0 Å². The van der Waals surface area contributed by atoms with Crippen molar-refractivity contribution in [2.24, 2.45) is 5.92 Å². The van der Waals surface area contributed by atoms with Gasteiger partial charge in [-0.1, -0.05) is 19.1 Å². The molecule has 21 heavy (non-hydrogen) atoms. The van der Waals surface area contributed by atoms with E-state index in [4.69, 9.17) is 0 Å². The van der Waals surface area contributed by atoms with Crippen molar-refractivity contribution in [3.05, 3.63) is 38.3 Å². The van der Waals surface area contributed by atoms with Gasteiger partial charge in [-0.3, -0.25) is 15.0 Å². The lowest BCUT2D eigenvalue weighted by Gasteiger charge is -2.32. The molecule has 116 valence electrons. The first-order valence-corrected chi connectivity index (χ1v) is 8.26. The third-order valence-corrected chi connectivity index (χ3v) is 4.95. The Labute approximate surface area is 134 Å². The Balaban J connectivity index is 1.92. The molecule has 1 fully saturated rings. The van der Waals surface area contributed by atoms with Gasteiger partial charge in [-0.25, -0.2) is 0 Å². The molecule has 1 aliphatic heterocycles. The van der Waals surface area contributed by atoms with Gasteiger partial charge in [0.15, 0.2) is 0 Å². The van der Waals surface area contributed by atoms with Gasteiger partial charge in [-0.15, -0.1) is 0 Å². The Hall–Kier alpha value is -0.980. The third kappa shape index (κ3) is 4.49. The van der Waals surface area contributed by atoms with E-state index in [-0.39, 0.29) is 10.6 Å². The fourth-order valence-electron chi connectivity index (χ4n) is 2.77. The molecular weight excluding hydrogens is 334 g/mol. The largest absolute Gasteiger partial charge is 0.317 e. The molecule has 0 spiro atoms. The lowest BCUT2D eigenvalue weighted by Crippen LogP contribution is -2.36. The summed E-state index contributed by atoms with van der Waals surface area (Å²) in [7, 11) is 0. The van der Waals surface area contributed by atoms with Crippen LogP contribution in [0.15, 0.2) is 22.7 Å². The summed E-state index contributed by atoms with van der Waals surface area (Å²) in [4.78, 5) is 13.0. The quantitative estimate of drug-likeness (QED) is 0.628. The summed E-state index contributed by atoms with van der Waals surface area (Å²) >= 11 is 3.38. The molecule has 6 heteroatoms. The van der Waals surface area contributed by atoms with Gasteiger partial charge in [0.05, 0.1) is 9.40 Å². The summed E-state index contributed by atoms with van der Waals surface area (Å²) in [5, 5.41) is 14.4. The van der Waals surface area contributed by atoms with E-state index in [0.717, 1.165) is 44.2 Å². The summed E-state index contributed by atoms with van der Waals surface area (Å²) in [5.41, 5.74) is 1.14. The number of benzene rings is 1. The summed E-state index contributed by atoms with van der Waals surface area (Å²) in [6.45, 7) is 7.16. The van der Waals surface area contributed by atoms with Gasteiger partial charge < -0.3 is 5.32 Å². The molecule has 0 saturated carbocycles. The Morgan fingerprint density at radius 1 is 1.43 bits per heavy atom. The lowest BCUT2D eigenvalue weighted by atomic mass is 9.96. The number of hydrogen-bond donors (Lipinski definition) is 1. The lowest BCUT2D eigenvalue weighted by molar-refractivity contribution is -0.385. The summed E-state index contributed by atoms with van der Waals surface area (Å²) < 4.78 is 0.616. The van der Waals surface area contributed by atoms with Crippen LogP contribution >= 0.6 is 15.9 Å². The zero-order chi connectivity index (χ0) is 15.2. The number of nitrogens with zero attached hydrogens (tertiary/aromatic N) is 2. The maximum absolute atomic E-state index is 11.0. The van der Waals surface area contributed by atoms with Crippen LogP contribution in [0.2, 0.25) is 0 Å². The maximum atomic E-state index is 11.0. The van der Waals surface area contributed by atoms with Gasteiger partial charge >= 0.3 is 0 Å². The van der Waals surface area contributed by atoms with Gasteiger partial charge in [0.25, 0.3) is 5.69 Å². The van der Waals surface area contributed by atoms with Crippen molar-refractivity contribution in [1.29, 1.82) is 0 Å². The molecule has 0 unspecified atom stereocenters. The highest BCUT2D eigenvalue weighted by atomic mass is 79.9. The fraction of sp³-hybridized carbons (Fsp3) is 0.600. The number of nitrogens with one attached hydrogen (secondary N) is 1. The number of likely N-dealkylation sites (tertiary alicyclic amines) is 1. The van der Waals surface area contributed by atoms with Crippen LogP contribution in [-0.4, -0.2) is 36.0 Å². The molecule has 0 atom stereocenters. The number of hydrogen-bond acceptors (Lipinski definition) is 4. The van der Waals surface area contributed by atoms with Crippen molar-refractivity contribution in [2.75, 3.05) is 26.2 Å². The Kier molecular flexibility index (Phi) is 6.14. The van der Waals surface area contributed by atoms with Crippen LogP contribution in [0.4, 0.5) is 5.69 Å². The van der Waals surface area contributed by atoms with Gasteiger partial charge in [-0.2, -0.15) is 0 Å². The molecule has 1 N–H and O–H groups in total. The molecular formula is C15H22BrN3O2. The first-order valence-electron chi connectivity index (χ1n) is 7.46. The summed E-state index contributed by atoms with van der Waals surface area (Å²) in [5.74, 6) is 0.759. The minimum Gasteiger partial charge on any atom is -0.317 e. The molecule has 1 aliphatic rings. The molecule has 1 heterocycles. The molecule has 2 rings (SSSR count). The van der Waals surface area contributed by atoms with Gasteiger partial charge in [-0.05, 0) is 66.4 Å². The zero-order valence-electron chi connectivity index (χ0n) is 12.3. The second-order valence-corrected chi connectivity index (χ2v) is 6.33. The van der Waals surface area contributed by atoms with Crippen LogP contribution in [0.25, 0.3) is 0 Å². The second-order valence-electron chi connectivity index (χ2n) is 5.53. The predicted octanol–water partition coefficient (Wildman–Crippen LogP) is 3.18. The minimum atomic E-state index is -0.337. The Morgan fingerprint density at radius 3 is 2.76 bits per heavy atom. The fourth-order valence-corrected chi connectivity index (χ4v) is 3.30. The zero-order valence-corrected chi connectivity index (χ0v) is 13.9. The third-order valence-electron chi connectivity index (χ3n) is 4.04. The van der Waals surface area contributed by atoms with Crippen molar-refractivity contribution in [3.63, 3.8) is 0 Å². The van der Waals surface area contributed by atoms with Crippen LogP contribution in [-0.2, 0) is 6.54 Å². The van der Waals surface area contributed by atoms with E-state index in [1.807, 2.05) is 6.07 Å². The first-order chi connectivity index (χ1) is 10.1. The first kappa shape index (κ1) is 16.4. The minimum absolute atomic E-state index is 0.148. The number of rotatable bonds is 6. The van der Waals surface area contributed by atoms with E-state index in [1.54, 1.807) is 6.07 Å². The van der Waals surface area contributed by atoms with Crippen LogP contribution in [0, 0.1) is 16.0 Å². The number of nitro groups is 1. The van der Waals surface area contributed by atoms with E-state index < -0.39 is 0 Å². The second kappa shape index (κ2) is 7.87. The smallest absolute Gasteiger partial charge is 0.283 e. The molecule has 0 amide bonds. The average molecular weight is 356 g/mol.